The molecule has 0 bridgehead atoms. The van der Waals surface area contributed by atoms with Gasteiger partial charge in [-0.2, -0.15) is 0 Å². The van der Waals surface area contributed by atoms with Crippen molar-refractivity contribution in [1.29, 1.82) is 0 Å². The van der Waals surface area contributed by atoms with Crippen LogP contribution < -0.4 is 9.62 Å². The summed E-state index contributed by atoms with van der Waals surface area (Å²) in [4.78, 5) is 20.9. The van der Waals surface area contributed by atoms with Crippen LogP contribution in [-0.4, -0.2) is 56.9 Å². The van der Waals surface area contributed by atoms with Crippen molar-refractivity contribution in [2.45, 2.75) is 25.2 Å². The second-order valence-corrected chi connectivity index (χ2v) is 8.72. The fourth-order valence-electron chi connectivity index (χ4n) is 3.14. The lowest BCUT2D eigenvalue weighted by Crippen LogP contribution is -2.49. The summed E-state index contributed by atoms with van der Waals surface area (Å²) in [5.74, 6) is 0.874. The normalized spacial score (nSPS) is 14.9. The Morgan fingerprint density at radius 3 is 2.46 bits per heavy atom. The Labute approximate surface area is 166 Å². The number of benzene rings is 1. The van der Waals surface area contributed by atoms with Crippen molar-refractivity contribution in [3.63, 3.8) is 0 Å². The van der Waals surface area contributed by atoms with E-state index in [0.717, 1.165) is 30.0 Å². The first-order valence-corrected chi connectivity index (χ1v) is 10.9. The van der Waals surface area contributed by atoms with Crippen LogP contribution in [0.25, 0.3) is 0 Å². The number of carbonyl (C=O) groups excluding carboxylic acids is 1. The molecule has 28 heavy (non-hydrogen) atoms. The molecule has 0 radical (unpaired) electrons. The van der Waals surface area contributed by atoms with Gasteiger partial charge in [0.2, 0.25) is 15.9 Å². The Morgan fingerprint density at radius 1 is 1.07 bits per heavy atom. The molecule has 7 nitrogen and oxygen atoms in total. The number of hydrogen-bond acceptors (Lipinski definition) is 5. The maximum absolute atomic E-state index is 12.4. The highest BCUT2D eigenvalue weighted by Gasteiger charge is 2.22. The molecule has 0 atom stereocenters. The minimum Gasteiger partial charge on any atom is -0.353 e. The molecule has 1 aromatic heterocycles. The van der Waals surface area contributed by atoms with Crippen molar-refractivity contribution in [2.75, 3.05) is 37.6 Å². The third-order valence-corrected chi connectivity index (χ3v) is 6.48. The highest BCUT2D eigenvalue weighted by atomic mass is 32.2. The van der Waals surface area contributed by atoms with Gasteiger partial charge in [-0.25, -0.2) is 18.1 Å². The Bertz CT molecular complexity index is 924. The van der Waals surface area contributed by atoms with Crippen molar-refractivity contribution in [3.8, 4) is 0 Å². The molecule has 1 saturated heterocycles. The lowest BCUT2D eigenvalue weighted by atomic mass is 10.1. The summed E-state index contributed by atoms with van der Waals surface area (Å²) in [6.07, 6.45) is 1.90. The molecule has 1 fully saturated rings. The van der Waals surface area contributed by atoms with Gasteiger partial charge in [-0.3, -0.25) is 4.79 Å². The first-order valence-electron chi connectivity index (χ1n) is 9.37. The van der Waals surface area contributed by atoms with Crippen LogP contribution in [0.15, 0.2) is 47.5 Å². The Morgan fingerprint density at radius 2 is 1.82 bits per heavy atom. The van der Waals surface area contributed by atoms with E-state index in [1.807, 2.05) is 32.0 Å². The quantitative estimate of drug-likeness (QED) is 0.796. The van der Waals surface area contributed by atoms with Crippen molar-refractivity contribution in [1.82, 2.24) is 14.6 Å². The molecule has 0 aliphatic carbocycles. The van der Waals surface area contributed by atoms with E-state index >= 15 is 0 Å². The largest absolute Gasteiger partial charge is 0.353 e. The van der Waals surface area contributed by atoms with Gasteiger partial charge < -0.3 is 9.80 Å². The predicted octanol–water partition coefficient (Wildman–Crippen LogP) is 1.72. The average Bonchev–Trinajstić information content (AvgIpc) is 2.70. The van der Waals surface area contributed by atoms with Gasteiger partial charge in [0.1, 0.15) is 5.82 Å². The van der Waals surface area contributed by atoms with E-state index in [-0.39, 0.29) is 23.8 Å². The molecular weight excluding hydrogens is 376 g/mol. The molecule has 1 aromatic carbocycles. The van der Waals surface area contributed by atoms with E-state index in [9.17, 15) is 13.2 Å². The maximum atomic E-state index is 12.4. The summed E-state index contributed by atoms with van der Waals surface area (Å²) in [5.41, 5.74) is 1.96. The van der Waals surface area contributed by atoms with Crippen LogP contribution in [0.2, 0.25) is 0 Å². The molecule has 3 rings (SSSR count). The summed E-state index contributed by atoms with van der Waals surface area (Å²) in [7, 11) is -3.61. The number of carbonyl (C=O) groups is 1. The maximum Gasteiger partial charge on any atom is 0.240 e. The van der Waals surface area contributed by atoms with Gasteiger partial charge in [-0.1, -0.05) is 12.1 Å². The second-order valence-electron chi connectivity index (χ2n) is 6.95. The number of hydrogen-bond donors (Lipinski definition) is 1. The van der Waals surface area contributed by atoms with Crippen LogP contribution in [0.5, 0.6) is 0 Å². The van der Waals surface area contributed by atoms with Gasteiger partial charge in [-0.15, -0.1) is 0 Å². The average molecular weight is 403 g/mol. The zero-order valence-electron chi connectivity index (χ0n) is 16.3. The molecule has 0 saturated carbocycles. The molecule has 1 aliphatic rings. The third-order valence-electron chi connectivity index (χ3n) is 5.03. The minimum absolute atomic E-state index is 0.0385. The van der Waals surface area contributed by atoms with Crippen LogP contribution in [0.3, 0.4) is 0 Å². The lowest BCUT2D eigenvalue weighted by Gasteiger charge is -2.35. The number of nitrogens with zero attached hydrogens (tertiary/aromatic N) is 3. The molecular formula is C20H26N4O3S. The Hall–Kier alpha value is -2.45. The number of sulfonamides is 1. The van der Waals surface area contributed by atoms with E-state index in [4.69, 9.17) is 0 Å². The molecule has 1 N–H and O–H groups in total. The van der Waals surface area contributed by atoms with Gasteiger partial charge in [0, 0.05) is 45.3 Å². The van der Waals surface area contributed by atoms with Crippen LogP contribution in [-0.2, 0) is 14.8 Å². The zero-order chi connectivity index (χ0) is 20.1. The molecule has 0 unspecified atom stereocenters. The first-order chi connectivity index (χ1) is 13.4. The number of pyridine rings is 1. The van der Waals surface area contributed by atoms with Gasteiger partial charge in [0.15, 0.2) is 0 Å². The van der Waals surface area contributed by atoms with Gasteiger partial charge in [0.05, 0.1) is 4.90 Å². The first kappa shape index (κ1) is 20.3. The van der Waals surface area contributed by atoms with Crippen LogP contribution >= 0.6 is 0 Å². The molecule has 0 spiro atoms. The van der Waals surface area contributed by atoms with Crippen molar-refractivity contribution < 1.29 is 13.2 Å². The van der Waals surface area contributed by atoms with Crippen LogP contribution in [0, 0.1) is 13.8 Å². The van der Waals surface area contributed by atoms with E-state index < -0.39 is 10.0 Å². The molecule has 1 amide bonds. The second kappa shape index (κ2) is 8.70. The summed E-state index contributed by atoms with van der Waals surface area (Å²) in [5, 5.41) is 0. The number of rotatable bonds is 6. The molecule has 150 valence electrons. The molecule has 2 aromatic rings. The monoisotopic (exact) mass is 402 g/mol. The Balaban J connectivity index is 1.47. The van der Waals surface area contributed by atoms with E-state index in [2.05, 4.69) is 14.6 Å². The van der Waals surface area contributed by atoms with Crippen molar-refractivity contribution >= 4 is 21.7 Å². The third kappa shape index (κ3) is 4.88. The lowest BCUT2D eigenvalue weighted by molar-refractivity contribution is -0.131. The van der Waals surface area contributed by atoms with E-state index in [0.29, 0.717) is 13.1 Å². The smallest absolute Gasteiger partial charge is 0.240 e. The SMILES string of the molecule is Cc1ccc(S(=O)(=O)NCCC(=O)N2CCN(c3ccccn3)CC2)cc1C. The molecule has 8 heteroatoms. The van der Waals surface area contributed by atoms with Gasteiger partial charge in [0.25, 0.3) is 0 Å². The number of amides is 1. The van der Waals surface area contributed by atoms with Crippen LogP contribution in [0.1, 0.15) is 17.5 Å². The summed E-state index contributed by atoms with van der Waals surface area (Å²) >= 11 is 0. The number of aromatic nitrogens is 1. The molecule has 2 heterocycles. The van der Waals surface area contributed by atoms with Crippen LogP contribution in [0.4, 0.5) is 5.82 Å². The number of nitrogens with one attached hydrogen (secondary N) is 1. The highest BCUT2D eigenvalue weighted by Crippen LogP contribution is 2.15. The summed E-state index contributed by atoms with van der Waals surface area (Å²) < 4.78 is 27.3. The number of anilines is 1. The van der Waals surface area contributed by atoms with E-state index in [1.54, 1.807) is 29.3 Å². The number of aryl methyl sites for hydroxylation is 2. The Kier molecular flexibility index (Phi) is 6.31. The zero-order valence-corrected chi connectivity index (χ0v) is 17.1. The summed E-state index contributed by atoms with van der Waals surface area (Å²) in [6, 6.07) is 10.8. The number of piperazine rings is 1. The van der Waals surface area contributed by atoms with Gasteiger partial charge >= 0.3 is 0 Å². The highest BCUT2D eigenvalue weighted by molar-refractivity contribution is 7.89. The van der Waals surface area contributed by atoms with Crippen molar-refractivity contribution in [2.24, 2.45) is 0 Å². The molecule has 1 aliphatic heterocycles. The van der Waals surface area contributed by atoms with E-state index in [1.165, 1.54) is 0 Å². The minimum atomic E-state index is -3.61. The topological polar surface area (TPSA) is 82.6 Å². The predicted molar refractivity (Wildman–Crippen MR) is 109 cm³/mol. The van der Waals surface area contributed by atoms with Crippen molar-refractivity contribution in [3.05, 3.63) is 53.7 Å². The summed E-state index contributed by atoms with van der Waals surface area (Å²) in [6.45, 7) is 6.56. The van der Waals surface area contributed by atoms with Gasteiger partial charge in [-0.05, 0) is 49.2 Å². The fourth-order valence-corrected chi connectivity index (χ4v) is 4.26. The standard InChI is InChI=1S/C20H26N4O3S/c1-16-6-7-18(15-17(16)2)28(26,27)22-10-8-20(25)24-13-11-23(12-14-24)19-5-3-4-9-21-19/h3-7,9,15,22H,8,10-14H2,1-2H3. The fraction of sp³-hybridized carbons (Fsp3) is 0.400.